The Morgan fingerprint density at radius 3 is 2.52 bits per heavy atom. The van der Waals surface area contributed by atoms with Crippen molar-refractivity contribution in [1.82, 2.24) is 9.62 Å². The van der Waals surface area contributed by atoms with Crippen LogP contribution in [0.2, 0.25) is 0 Å². The predicted octanol–water partition coefficient (Wildman–Crippen LogP) is 1.77. The van der Waals surface area contributed by atoms with Gasteiger partial charge in [-0.2, -0.15) is 13.2 Å². The molecule has 0 aliphatic rings. The Kier molecular flexibility index (Phi) is 7.14. The van der Waals surface area contributed by atoms with Gasteiger partial charge in [0.1, 0.15) is 10.6 Å². The van der Waals surface area contributed by atoms with E-state index < -0.39 is 38.3 Å². The molecule has 0 radical (unpaired) electrons. The van der Waals surface area contributed by atoms with Crippen LogP contribution in [0.3, 0.4) is 0 Å². The van der Waals surface area contributed by atoms with Gasteiger partial charge in [-0.25, -0.2) is 13.1 Å². The third-order valence-electron chi connectivity index (χ3n) is 3.11. The summed E-state index contributed by atoms with van der Waals surface area (Å²) in [5, 5.41) is 10.8. The molecule has 0 heterocycles. The van der Waals surface area contributed by atoms with Crippen LogP contribution < -0.4 is 9.46 Å². The molecule has 0 aliphatic heterocycles. The molecule has 25 heavy (non-hydrogen) atoms. The van der Waals surface area contributed by atoms with E-state index in [4.69, 9.17) is 4.74 Å². The van der Waals surface area contributed by atoms with E-state index in [-0.39, 0.29) is 25.3 Å². The number of benzene rings is 1. The molecular formula is C13H18F3N3O5S. The number of nitro groups is 1. The van der Waals surface area contributed by atoms with E-state index >= 15 is 0 Å². The molecule has 0 unspecified atom stereocenters. The maximum atomic E-state index is 12.3. The van der Waals surface area contributed by atoms with Gasteiger partial charge in [-0.1, -0.05) is 0 Å². The minimum Gasteiger partial charge on any atom is -0.495 e. The van der Waals surface area contributed by atoms with Gasteiger partial charge in [0, 0.05) is 18.7 Å². The van der Waals surface area contributed by atoms with Gasteiger partial charge in [-0.15, -0.1) is 0 Å². The lowest BCUT2D eigenvalue weighted by Gasteiger charge is -2.18. The van der Waals surface area contributed by atoms with E-state index in [1.54, 1.807) is 0 Å². The van der Waals surface area contributed by atoms with Crippen molar-refractivity contribution in [3.8, 4) is 5.75 Å². The molecule has 0 saturated carbocycles. The molecule has 1 aromatic rings. The average molecular weight is 385 g/mol. The van der Waals surface area contributed by atoms with Crippen molar-refractivity contribution < 1.29 is 31.2 Å². The lowest BCUT2D eigenvalue weighted by atomic mass is 10.3. The first kappa shape index (κ1) is 21.1. The zero-order chi connectivity index (χ0) is 19.3. The number of rotatable bonds is 9. The van der Waals surface area contributed by atoms with Gasteiger partial charge in [-0.3, -0.25) is 15.0 Å². The highest BCUT2D eigenvalue weighted by atomic mass is 32.2. The summed E-state index contributed by atoms with van der Waals surface area (Å²) in [6.07, 6.45) is -4.20. The van der Waals surface area contributed by atoms with Crippen LogP contribution in [0.15, 0.2) is 23.1 Å². The Bertz CT molecular complexity index is 709. The molecule has 0 fully saturated rings. The SMILES string of the molecule is COc1ccc([N+](=O)[O-])cc1S(=O)(=O)NCCCN(C)CC(F)(F)F. The fourth-order valence-corrected chi connectivity index (χ4v) is 3.27. The molecule has 0 bridgehead atoms. The second-order valence-corrected chi connectivity index (χ2v) is 6.93. The molecule has 1 aromatic carbocycles. The summed E-state index contributed by atoms with van der Waals surface area (Å²) in [6, 6.07) is 3.12. The normalized spacial score (nSPS) is 12.4. The van der Waals surface area contributed by atoms with Crippen molar-refractivity contribution in [3.63, 3.8) is 0 Å². The van der Waals surface area contributed by atoms with Crippen molar-refractivity contribution >= 4 is 15.7 Å². The fourth-order valence-electron chi connectivity index (χ4n) is 2.01. The summed E-state index contributed by atoms with van der Waals surface area (Å²) in [5.41, 5.74) is -0.425. The first-order valence-corrected chi connectivity index (χ1v) is 8.52. The zero-order valence-electron chi connectivity index (χ0n) is 13.5. The lowest BCUT2D eigenvalue weighted by molar-refractivity contribution is -0.385. The second-order valence-electron chi connectivity index (χ2n) is 5.20. The van der Waals surface area contributed by atoms with Crippen molar-refractivity contribution in [2.24, 2.45) is 0 Å². The van der Waals surface area contributed by atoms with Crippen LogP contribution in [0.1, 0.15) is 6.42 Å². The van der Waals surface area contributed by atoms with Crippen LogP contribution in [-0.2, 0) is 10.0 Å². The second kappa shape index (κ2) is 8.45. The minimum absolute atomic E-state index is 0.0219. The zero-order valence-corrected chi connectivity index (χ0v) is 14.4. The average Bonchev–Trinajstić information content (AvgIpc) is 2.49. The number of alkyl halides is 3. The third-order valence-corrected chi connectivity index (χ3v) is 4.59. The predicted molar refractivity (Wildman–Crippen MR) is 83.0 cm³/mol. The monoisotopic (exact) mass is 385 g/mol. The number of nitrogens with one attached hydrogen (secondary N) is 1. The van der Waals surface area contributed by atoms with Crippen LogP contribution in [0, 0.1) is 10.1 Å². The number of methoxy groups -OCH3 is 1. The summed E-state index contributed by atoms with van der Waals surface area (Å²) in [7, 11) is -1.63. The van der Waals surface area contributed by atoms with Crippen LogP contribution in [0.5, 0.6) is 5.75 Å². The molecule has 8 nitrogen and oxygen atoms in total. The Hall–Kier alpha value is -1.92. The molecule has 0 spiro atoms. The number of ether oxygens (including phenoxy) is 1. The molecule has 0 atom stereocenters. The van der Waals surface area contributed by atoms with Gasteiger partial charge in [0.2, 0.25) is 10.0 Å². The number of halogens is 3. The highest BCUT2D eigenvalue weighted by Gasteiger charge is 2.29. The summed E-state index contributed by atoms with van der Waals surface area (Å²) >= 11 is 0. The van der Waals surface area contributed by atoms with Crippen LogP contribution in [0.4, 0.5) is 18.9 Å². The Balaban J connectivity index is 2.73. The topological polar surface area (TPSA) is 102 Å². The minimum atomic E-state index is -4.33. The van der Waals surface area contributed by atoms with Crippen LogP contribution in [0.25, 0.3) is 0 Å². The van der Waals surface area contributed by atoms with E-state index in [1.165, 1.54) is 14.2 Å². The highest BCUT2D eigenvalue weighted by Crippen LogP contribution is 2.27. The molecule has 1 rings (SSSR count). The number of nitro benzene ring substituents is 1. The third kappa shape index (κ3) is 6.84. The smallest absolute Gasteiger partial charge is 0.401 e. The van der Waals surface area contributed by atoms with E-state index in [9.17, 15) is 31.7 Å². The molecule has 142 valence electrons. The first-order chi connectivity index (χ1) is 11.5. The number of nitrogens with zero attached hydrogens (tertiary/aromatic N) is 2. The highest BCUT2D eigenvalue weighted by molar-refractivity contribution is 7.89. The molecule has 0 aromatic heterocycles. The largest absolute Gasteiger partial charge is 0.495 e. The molecule has 0 saturated heterocycles. The van der Waals surface area contributed by atoms with E-state index in [0.29, 0.717) is 0 Å². The maximum Gasteiger partial charge on any atom is 0.401 e. The van der Waals surface area contributed by atoms with Gasteiger partial charge in [0.15, 0.2) is 0 Å². The van der Waals surface area contributed by atoms with Crippen molar-refractivity contribution in [1.29, 1.82) is 0 Å². The van der Waals surface area contributed by atoms with Crippen molar-refractivity contribution in [3.05, 3.63) is 28.3 Å². The summed E-state index contributed by atoms with van der Waals surface area (Å²) in [6.45, 7) is -1.21. The Labute approximate surface area is 142 Å². The van der Waals surface area contributed by atoms with Crippen molar-refractivity contribution in [2.45, 2.75) is 17.5 Å². The van der Waals surface area contributed by atoms with Crippen LogP contribution >= 0.6 is 0 Å². The maximum absolute atomic E-state index is 12.3. The van der Waals surface area contributed by atoms with Crippen LogP contribution in [-0.4, -0.2) is 58.2 Å². The summed E-state index contributed by atoms with van der Waals surface area (Å²) in [5.74, 6) is -0.0766. The van der Waals surface area contributed by atoms with Gasteiger partial charge >= 0.3 is 6.18 Å². The lowest BCUT2D eigenvalue weighted by Crippen LogP contribution is -2.33. The number of sulfonamides is 1. The van der Waals surface area contributed by atoms with Gasteiger partial charge in [-0.05, 0) is 26.1 Å². The summed E-state index contributed by atoms with van der Waals surface area (Å²) in [4.78, 5) is 10.6. The quantitative estimate of drug-likeness (QED) is 0.395. The van der Waals surface area contributed by atoms with Gasteiger partial charge < -0.3 is 4.74 Å². The Morgan fingerprint density at radius 2 is 2.00 bits per heavy atom. The Morgan fingerprint density at radius 1 is 1.36 bits per heavy atom. The fraction of sp³-hybridized carbons (Fsp3) is 0.538. The first-order valence-electron chi connectivity index (χ1n) is 7.03. The summed E-state index contributed by atoms with van der Waals surface area (Å²) < 4.78 is 68.2. The van der Waals surface area contributed by atoms with Gasteiger partial charge in [0.25, 0.3) is 5.69 Å². The van der Waals surface area contributed by atoms with Gasteiger partial charge in [0.05, 0.1) is 18.6 Å². The van der Waals surface area contributed by atoms with E-state index in [1.807, 2.05) is 0 Å². The number of hydrogen-bond acceptors (Lipinski definition) is 6. The molecule has 0 aliphatic carbocycles. The standard InChI is InChI=1S/C13H18F3N3O5S/c1-18(9-13(14,15)16)7-3-6-17-25(22,23)12-8-10(19(20)21)4-5-11(12)24-2/h4-5,8,17H,3,6-7,9H2,1-2H3. The van der Waals surface area contributed by atoms with Crippen molar-refractivity contribution in [2.75, 3.05) is 33.8 Å². The number of non-ortho nitro benzene ring substituents is 1. The van der Waals surface area contributed by atoms with E-state index in [0.717, 1.165) is 23.1 Å². The molecule has 0 amide bonds. The van der Waals surface area contributed by atoms with E-state index in [2.05, 4.69) is 4.72 Å². The number of hydrogen-bond donors (Lipinski definition) is 1. The molecule has 12 heteroatoms. The molecular weight excluding hydrogens is 367 g/mol. The molecule has 1 N–H and O–H groups in total.